The first-order chi connectivity index (χ1) is 5.74. The molecule has 0 saturated carbocycles. The highest BCUT2D eigenvalue weighted by Gasteiger charge is 2.02. The van der Waals surface area contributed by atoms with E-state index in [9.17, 15) is 4.39 Å². The van der Waals surface area contributed by atoms with E-state index in [1.807, 2.05) is 19.9 Å². The molecule has 0 spiro atoms. The molecular weight excluding hydrogens is 153 g/mol. The van der Waals surface area contributed by atoms with Crippen molar-refractivity contribution in [3.05, 3.63) is 35.6 Å². The van der Waals surface area contributed by atoms with Crippen molar-refractivity contribution in [2.24, 2.45) is 0 Å². The third-order valence-corrected chi connectivity index (χ3v) is 1.86. The SMILES string of the molecule is CCN[C@H](C)c1cccc(F)c1. The molecule has 1 nitrogen and oxygen atoms in total. The number of rotatable bonds is 3. The molecule has 12 heavy (non-hydrogen) atoms. The van der Waals surface area contributed by atoms with Gasteiger partial charge in [-0.3, -0.25) is 0 Å². The molecule has 1 aromatic carbocycles. The minimum atomic E-state index is -0.169. The zero-order valence-electron chi connectivity index (χ0n) is 7.47. The predicted octanol–water partition coefficient (Wildman–Crippen LogP) is 2.50. The van der Waals surface area contributed by atoms with Gasteiger partial charge in [0.25, 0.3) is 0 Å². The first-order valence-corrected chi connectivity index (χ1v) is 4.23. The molecule has 1 atom stereocenters. The first-order valence-electron chi connectivity index (χ1n) is 4.23. The van der Waals surface area contributed by atoms with Crippen LogP contribution in [0.1, 0.15) is 25.5 Å². The second-order valence-electron chi connectivity index (χ2n) is 2.83. The number of hydrogen-bond acceptors (Lipinski definition) is 1. The fourth-order valence-corrected chi connectivity index (χ4v) is 1.20. The van der Waals surface area contributed by atoms with Gasteiger partial charge < -0.3 is 5.32 Å². The van der Waals surface area contributed by atoms with Crippen LogP contribution in [0.4, 0.5) is 4.39 Å². The van der Waals surface area contributed by atoms with Crippen LogP contribution in [0.15, 0.2) is 24.3 Å². The van der Waals surface area contributed by atoms with E-state index in [4.69, 9.17) is 0 Å². The highest BCUT2D eigenvalue weighted by Crippen LogP contribution is 2.12. The zero-order chi connectivity index (χ0) is 8.97. The summed E-state index contributed by atoms with van der Waals surface area (Å²) in [6, 6.07) is 6.91. The van der Waals surface area contributed by atoms with Gasteiger partial charge >= 0.3 is 0 Å². The van der Waals surface area contributed by atoms with Crippen molar-refractivity contribution in [1.29, 1.82) is 0 Å². The molecular formula is C10H14FN. The Labute approximate surface area is 72.6 Å². The largest absolute Gasteiger partial charge is 0.310 e. The van der Waals surface area contributed by atoms with Crippen molar-refractivity contribution >= 4 is 0 Å². The summed E-state index contributed by atoms with van der Waals surface area (Å²) in [5, 5.41) is 3.22. The quantitative estimate of drug-likeness (QED) is 0.729. The predicted molar refractivity (Wildman–Crippen MR) is 48.5 cm³/mol. The maximum absolute atomic E-state index is 12.7. The molecule has 0 fully saturated rings. The van der Waals surface area contributed by atoms with Crippen LogP contribution in [-0.2, 0) is 0 Å². The fourth-order valence-electron chi connectivity index (χ4n) is 1.20. The van der Waals surface area contributed by atoms with Crippen molar-refractivity contribution in [2.75, 3.05) is 6.54 Å². The van der Waals surface area contributed by atoms with Crippen LogP contribution < -0.4 is 5.32 Å². The molecule has 0 bridgehead atoms. The van der Waals surface area contributed by atoms with Gasteiger partial charge in [0.1, 0.15) is 5.82 Å². The highest BCUT2D eigenvalue weighted by atomic mass is 19.1. The molecule has 0 heterocycles. The number of nitrogens with one attached hydrogen (secondary N) is 1. The number of benzene rings is 1. The van der Waals surface area contributed by atoms with E-state index in [2.05, 4.69) is 5.32 Å². The van der Waals surface area contributed by atoms with Crippen molar-refractivity contribution in [3.8, 4) is 0 Å². The normalized spacial score (nSPS) is 12.9. The lowest BCUT2D eigenvalue weighted by Gasteiger charge is -2.11. The fraction of sp³-hybridized carbons (Fsp3) is 0.400. The molecule has 0 aliphatic rings. The van der Waals surface area contributed by atoms with Crippen molar-refractivity contribution in [2.45, 2.75) is 19.9 Å². The van der Waals surface area contributed by atoms with Crippen LogP contribution in [-0.4, -0.2) is 6.54 Å². The molecule has 0 radical (unpaired) electrons. The minimum absolute atomic E-state index is 0.169. The van der Waals surface area contributed by atoms with E-state index >= 15 is 0 Å². The molecule has 1 rings (SSSR count). The lowest BCUT2D eigenvalue weighted by molar-refractivity contribution is 0.583. The third kappa shape index (κ3) is 2.31. The Balaban J connectivity index is 2.73. The van der Waals surface area contributed by atoms with E-state index in [0.717, 1.165) is 12.1 Å². The van der Waals surface area contributed by atoms with Gasteiger partial charge in [0.2, 0.25) is 0 Å². The average molecular weight is 167 g/mol. The second-order valence-corrected chi connectivity index (χ2v) is 2.83. The summed E-state index contributed by atoms with van der Waals surface area (Å²) in [6.07, 6.45) is 0. The Morgan fingerprint density at radius 1 is 1.50 bits per heavy atom. The lowest BCUT2D eigenvalue weighted by Crippen LogP contribution is -2.17. The Morgan fingerprint density at radius 3 is 2.83 bits per heavy atom. The Morgan fingerprint density at radius 2 is 2.25 bits per heavy atom. The summed E-state index contributed by atoms with van der Waals surface area (Å²) in [6.45, 7) is 4.96. The van der Waals surface area contributed by atoms with Gasteiger partial charge in [-0.25, -0.2) is 4.39 Å². The summed E-state index contributed by atoms with van der Waals surface area (Å²) < 4.78 is 12.7. The van der Waals surface area contributed by atoms with E-state index in [1.54, 1.807) is 12.1 Å². The minimum Gasteiger partial charge on any atom is -0.310 e. The average Bonchev–Trinajstić information content (AvgIpc) is 2.05. The molecule has 0 aromatic heterocycles. The lowest BCUT2D eigenvalue weighted by atomic mass is 10.1. The molecule has 2 heteroatoms. The van der Waals surface area contributed by atoms with Crippen LogP contribution >= 0.6 is 0 Å². The number of hydrogen-bond donors (Lipinski definition) is 1. The molecule has 1 aromatic rings. The van der Waals surface area contributed by atoms with E-state index in [0.29, 0.717) is 0 Å². The van der Waals surface area contributed by atoms with Gasteiger partial charge in [0, 0.05) is 6.04 Å². The van der Waals surface area contributed by atoms with Crippen molar-refractivity contribution < 1.29 is 4.39 Å². The van der Waals surface area contributed by atoms with E-state index < -0.39 is 0 Å². The van der Waals surface area contributed by atoms with Crippen molar-refractivity contribution in [3.63, 3.8) is 0 Å². The van der Waals surface area contributed by atoms with Crippen LogP contribution in [0.5, 0.6) is 0 Å². The second kappa shape index (κ2) is 4.21. The summed E-state index contributed by atoms with van der Waals surface area (Å²) in [5.74, 6) is -0.169. The molecule has 1 N–H and O–H groups in total. The van der Waals surface area contributed by atoms with Gasteiger partial charge in [-0.05, 0) is 31.2 Å². The molecule has 0 saturated heterocycles. The first kappa shape index (κ1) is 9.20. The molecule has 0 unspecified atom stereocenters. The molecule has 0 aliphatic heterocycles. The van der Waals surface area contributed by atoms with Crippen LogP contribution in [0.3, 0.4) is 0 Å². The summed E-state index contributed by atoms with van der Waals surface area (Å²) >= 11 is 0. The van der Waals surface area contributed by atoms with Gasteiger partial charge in [-0.2, -0.15) is 0 Å². The Hall–Kier alpha value is -0.890. The Bertz CT molecular complexity index is 247. The number of halogens is 1. The van der Waals surface area contributed by atoms with Crippen LogP contribution in [0, 0.1) is 5.82 Å². The maximum Gasteiger partial charge on any atom is 0.123 e. The monoisotopic (exact) mass is 167 g/mol. The van der Waals surface area contributed by atoms with E-state index in [-0.39, 0.29) is 11.9 Å². The van der Waals surface area contributed by atoms with Gasteiger partial charge in [-0.15, -0.1) is 0 Å². The Kier molecular flexibility index (Phi) is 3.23. The smallest absolute Gasteiger partial charge is 0.123 e. The summed E-state index contributed by atoms with van der Waals surface area (Å²) in [7, 11) is 0. The zero-order valence-corrected chi connectivity index (χ0v) is 7.47. The van der Waals surface area contributed by atoms with E-state index in [1.165, 1.54) is 6.07 Å². The van der Waals surface area contributed by atoms with Gasteiger partial charge in [0.05, 0.1) is 0 Å². The molecule has 0 amide bonds. The molecule has 0 aliphatic carbocycles. The van der Waals surface area contributed by atoms with Gasteiger partial charge in [-0.1, -0.05) is 19.1 Å². The summed E-state index contributed by atoms with van der Waals surface area (Å²) in [4.78, 5) is 0. The van der Waals surface area contributed by atoms with Crippen molar-refractivity contribution in [1.82, 2.24) is 5.32 Å². The maximum atomic E-state index is 12.7. The highest BCUT2D eigenvalue weighted by molar-refractivity contribution is 5.19. The molecule has 66 valence electrons. The van der Waals surface area contributed by atoms with Crippen LogP contribution in [0.2, 0.25) is 0 Å². The third-order valence-electron chi connectivity index (χ3n) is 1.86. The summed E-state index contributed by atoms with van der Waals surface area (Å²) in [5.41, 5.74) is 0.997. The standard InChI is InChI=1S/C10H14FN/c1-3-12-8(2)9-5-4-6-10(11)7-9/h4-8,12H,3H2,1-2H3/t8-/m1/s1. The topological polar surface area (TPSA) is 12.0 Å². The van der Waals surface area contributed by atoms with Crippen LogP contribution in [0.25, 0.3) is 0 Å². The van der Waals surface area contributed by atoms with Gasteiger partial charge in [0.15, 0.2) is 0 Å².